The van der Waals surface area contributed by atoms with Crippen molar-refractivity contribution < 1.29 is 14.4 Å². The minimum atomic E-state index is -0.453. The minimum Gasteiger partial charge on any atom is -0.354 e. The summed E-state index contributed by atoms with van der Waals surface area (Å²) in [5.41, 5.74) is -0.724. The van der Waals surface area contributed by atoms with Crippen LogP contribution in [0.15, 0.2) is 0 Å². The predicted molar refractivity (Wildman–Crippen MR) is 83.8 cm³/mol. The molecule has 3 amide bonds. The summed E-state index contributed by atoms with van der Waals surface area (Å²) < 4.78 is 0. The van der Waals surface area contributed by atoms with Gasteiger partial charge in [0.25, 0.3) is 0 Å². The lowest BCUT2D eigenvalue weighted by Gasteiger charge is -2.47. The summed E-state index contributed by atoms with van der Waals surface area (Å²) in [6.45, 7) is 10.2. The standard InChI is InChI=1S/C17H28N2O3/c1-11(2)18-13(20)7-6-10-19-14(21)12-8-9-17(5,15(19)22)16(12,3)4/h11-12H,6-10H2,1-5H3,(H,18,20). The van der Waals surface area contributed by atoms with E-state index in [-0.39, 0.29) is 35.1 Å². The van der Waals surface area contributed by atoms with Gasteiger partial charge in [0.2, 0.25) is 17.7 Å². The Labute approximate surface area is 132 Å². The van der Waals surface area contributed by atoms with Gasteiger partial charge in [0.15, 0.2) is 0 Å². The van der Waals surface area contributed by atoms with E-state index in [1.165, 1.54) is 4.90 Å². The van der Waals surface area contributed by atoms with Gasteiger partial charge in [-0.15, -0.1) is 0 Å². The molecule has 0 aromatic rings. The molecule has 2 atom stereocenters. The molecule has 1 saturated carbocycles. The highest BCUT2D eigenvalue weighted by Crippen LogP contribution is 2.59. The van der Waals surface area contributed by atoms with Crippen LogP contribution in [0, 0.1) is 16.7 Å². The maximum absolute atomic E-state index is 12.8. The molecule has 2 unspecified atom stereocenters. The lowest BCUT2D eigenvalue weighted by molar-refractivity contribution is -0.168. The smallest absolute Gasteiger partial charge is 0.235 e. The van der Waals surface area contributed by atoms with Crippen LogP contribution in [0.1, 0.15) is 60.3 Å². The average molecular weight is 308 g/mol. The Balaban J connectivity index is 2.00. The summed E-state index contributed by atoms with van der Waals surface area (Å²) in [6, 6.07) is 0.112. The van der Waals surface area contributed by atoms with Crippen LogP contribution in [0.3, 0.4) is 0 Å². The maximum Gasteiger partial charge on any atom is 0.235 e. The lowest BCUT2D eigenvalue weighted by Crippen LogP contribution is -2.59. The lowest BCUT2D eigenvalue weighted by atomic mass is 9.62. The Morgan fingerprint density at radius 3 is 2.55 bits per heavy atom. The van der Waals surface area contributed by atoms with Gasteiger partial charge in [-0.1, -0.05) is 20.8 Å². The van der Waals surface area contributed by atoms with E-state index >= 15 is 0 Å². The number of fused-ring (bicyclic) bond motifs is 2. The monoisotopic (exact) mass is 308 g/mol. The molecular formula is C17H28N2O3. The summed E-state index contributed by atoms with van der Waals surface area (Å²) in [4.78, 5) is 38.5. The average Bonchev–Trinajstić information content (AvgIpc) is 2.58. The van der Waals surface area contributed by atoms with Crippen molar-refractivity contribution in [3.63, 3.8) is 0 Å². The third-order valence-corrected chi connectivity index (χ3v) is 5.74. The SMILES string of the molecule is CC(C)NC(=O)CCCN1C(=O)C2CCC(C)(C1=O)C2(C)C. The molecule has 2 bridgehead atoms. The van der Waals surface area contributed by atoms with Gasteiger partial charge in [0.05, 0.1) is 5.41 Å². The van der Waals surface area contributed by atoms with Gasteiger partial charge in [-0.25, -0.2) is 0 Å². The molecule has 124 valence electrons. The molecule has 5 heteroatoms. The molecule has 2 rings (SSSR count). The first-order chi connectivity index (χ1) is 10.1. The number of carbonyl (C=O) groups is 3. The molecule has 0 aromatic heterocycles. The van der Waals surface area contributed by atoms with Crippen LogP contribution in [-0.2, 0) is 14.4 Å². The van der Waals surface area contributed by atoms with Crippen LogP contribution >= 0.6 is 0 Å². The number of piperidine rings is 1. The van der Waals surface area contributed by atoms with Crippen LogP contribution in [0.25, 0.3) is 0 Å². The highest BCUT2D eigenvalue weighted by atomic mass is 16.2. The van der Waals surface area contributed by atoms with Crippen molar-refractivity contribution in [2.45, 2.75) is 66.3 Å². The quantitative estimate of drug-likeness (QED) is 0.791. The molecule has 1 aliphatic heterocycles. The number of rotatable bonds is 5. The zero-order valence-corrected chi connectivity index (χ0v) is 14.4. The van der Waals surface area contributed by atoms with E-state index in [2.05, 4.69) is 5.32 Å². The van der Waals surface area contributed by atoms with Crippen LogP contribution in [0.5, 0.6) is 0 Å². The number of nitrogens with zero attached hydrogens (tertiary/aromatic N) is 1. The van der Waals surface area contributed by atoms with Crippen molar-refractivity contribution in [3.05, 3.63) is 0 Å². The van der Waals surface area contributed by atoms with E-state index in [9.17, 15) is 14.4 Å². The highest BCUT2D eigenvalue weighted by molar-refractivity contribution is 6.03. The molecular weight excluding hydrogens is 280 g/mol. The highest BCUT2D eigenvalue weighted by Gasteiger charge is 2.64. The van der Waals surface area contributed by atoms with Gasteiger partial charge in [-0.3, -0.25) is 19.3 Å². The van der Waals surface area contributed by atoms with Crippen molar-refractivity contribution in [2.75, 3.05) is 6.54 Å². The number of nitrogens with one attached hydrogen (secondary N) is 1. The zero-order chi connectivity index (χ0) is 16.7. The molecule has 2 fully saturated rings. The van der Waals surface area contributed by atoms with E-state index < -0.39 is 5.41 Å². The summed E-state index contributed by atoms with van der Waals surface area (Å²) in [5, 5.41) is 2.83. The summed E-state index contributed by atoms with van der Waals surface area (Å²) in [5.74, 6) is -0.198. The molecule has 1 aliphatic carbocycles. The van der Waals surface area contributed by atoms with E-state index in [0.29, 0.717) is 19.4 Å². The number of carbonyl (C=O) groups excluding carboxylic acids is 3. The fraction of sp³-hybridized carbons (Fsp3) is 0.824. The Morgan fingerprint density at radius 1 is 1.32 bits per heavy atom. The number of imide groups is 1. The topological polar surface area (TPSA) is 66.5 Å². The number of hydrogen-bond acceptors (Lipinski definition) is 3. The predicted octanol–water partition coefficient (Wildman–Crippen LogP) is 2.10. The van der Waals surface area contributed by atoms with Crippen molar-refractivity contribution >= 4 is 17.7 Å². The van der Waals surface area contributed by atoms with Gasteiger partial charge in [0.1, 0.15) is 0 Å². The van der Waals surface area contributed by atoms with Crippen molar-refractivity contribution in [1.82, 2.24) is 10.2 Å². The third kappa shape index (κ3) is 2.55. The van der Waals surface area contributed by atoms with Crippen LogP contribution < -0.4 is 5.32 Å². The zero-order valence-electron chi connectivity index (χ0n) is 14.4. The Hall–Kier alpha value is -1.39. The number of likely N-dealkylation sites (tertiary alicyclic amines) is 1. The normalized spacial score (nSPS) is 30.1. The maximum atomic E-state index is 12.8. The molecule has 0 aromatic carbocycles. The minimum absolute atomic E-state index is 0.0265. The molecule has 1 N–H and O–H groups in total. The molecule has 1 saturated heterocycles. The Morgan fingerprint density at radius 2 is 1.95 bits per heavy atom. The first kappa shape index (κ1) is 17.0. The Bertz CT molecular complexity index is 498. The molecule has 5 nitrogen and oxygen atoms in total. The van der Waals surface area contributed by atoms with Crippen LogP contribution in [-0.4, -0.2) is 35.2 Å². The molecule has 22 heavy (non-hydrogen) atoms. The van der Waals surface area contributed by atoms with Crippen molar-refractivity contribution in [1.29, 1.82) is 0 Å². The summed E-state index contributed by atoms with van der Waals surface area (Å²) in [7, 11) is 0. The first-order valence-corrected chi connectivity index (χ1v) is 8.26. The molecule has 0 spiro atoms. The molecule has 2 aliphatic rings. The second-order valence-corrected chi connectivity index (χ2v) is 7.77. The molecule has 1 heterocycles. The van der Waals surface area contributed by atoms with Crippen molar-refractivity contribution in [3.8, 4) is 0 Å². The van der Waals surface area contributed by atoms with Gasteiger partial charge in [-0.05, 0) is 38.5 Å². The van der Waals surface area contributed by atoms with Crippen molar-refractivity contribution in [2.24, 2.45) is 16.7 Å². The number of amides is 3. The third-order valence-electron chi connectivity index (χ3n) is 5.74. The fourth-order valence-corrected chi connectivity index (χ4v) is 3.90. The van der Waals surface area contributed by atoms with E-state index in [1.807, 2.05) is 34.6 Å². The van der Waals surface area contributed by atoms with E-state index in [4.69, 9.17) is 0 Å². The van der Waals surface area contributed by atoms with E-state index in [0.717, 1.165) is 12.8 Å². The van der Waals surface area contributed by atoms with Gasteiger partial charge < -0.3 is 5.32 Å². The molecule has 0 radical (unpaired) electrons. The van der Waals surface area contributed by atoms with Crippen LogP contribution in [0.2, 0.25) is 0 Å². The summed E-state index contributed by atoms with van der Waals surface area (Å²) in [6.07, 6.45) is 2.44. The van der Waals surface area contributed by atoms with Gasteiger partial charge in [-0.2, -0.15) is 0 Å². The number of hydrogen-bond donors (Lipinski definition) is 1. The first-order valence-electron chi connectivity index (χ1n) is 8.26. The fourth-order valence-electron chi connectivity index (χ4n) is 3.90. The van der Waals surface area contributed by atoms with Crippen LogP contribution in [0.4, 0.5) is 0 Å². The van der Waals surface area contributed by atoms with Gasteiger partial charge >= 0.3 is 0 Å². The largest absolute Gasteiger partial charge is 0.354 e. The van der Waals surface area contributed by atoms with E-state index in [1.54, 1.807) is 0 Å². The Kier molecular flexibility index (Phi) is 4.37. The second-order valence-electron chi connectivity index (χ2n) is 7.77. The summed E-state index contributed by atoms with van der Waals surface area (Å²) >= 11 is 0. The second kappa shape index (κ2) is 5.67. The van der Waals surface area contributed by atoms with Gasteiger partial charge in [0, 0.05) is 24.9 Å².